The third-order valence-electron chi connectivity index (χ3n) is 4.04. The van der Waals surface area contributed by atoms with Gasteiger partial charge >= 0.3 is 5.97 Å². The molecule has 0 spiro atoms. The lowest BCUT2D eigenvalue weighted by molar-refractivity contribution is -0.149. The van der Waals surface area contributed by atoms with Crippen LogP contribution in [-0.2, 0) is 16.0 Å². The normalized spacial score (nSPS) is 25.4. The predicted molar refractivity (Wildman–Crippen MR) is 76.7 cm³/mol. The number of carbonyl (C=O) groups excluding carboxylic acids is 1. The molecule has 1 fully saturated rings. The molecule has 1 aromatic carbocycles. The van der Waals surface area contributed by atoms with Crippen LogP contribution in [0.5, 0.6) is 0 Å². The Labute approximate surface area is 123 Å². The molecule has 4 nitrogen and oxygen atoms in total. The summed E-state index contributed by atoms with van der Waals surface area (Å²) >= 11 is 5.88. The van der Waals surface area contributed by atoms with Gasteiger partial charge in [-0.05, 0) is 37.5 Å². The summed E-state index contributed by atoms with van der Waals surface area (Å²) in [6.45, 7) is 1.70. The van der Waals surface area contributed by atoms with Crippen molar-refractivity contribution in [3.05, 3.63) is 34.9 Å². The number of aliphatic carboxylic acids is 1. The van der Waals surface area contributed by atoms with Crippen molar-refractivity contribution in [1.82, 2.24) is 5.32 Å². The van der Waals surface area contributed by atoms with Gasteiger partial charge in [-0.2, -0.15) is 0 Å². The average Bonchev–Trinajstić information content (AvgIpc) is 2.72. The number of nitrogens with one attached hydrogen (secondary N) is 1. The van der Waals surface area contributed by atoms with E-state index in [9.17, 15) is 14.7 Å². The molecule has 108 valence electrons. The van der Waals surface area contributed by atoms with Gasteiger partial charge in [0.15, 0.2) is 0 Å². The van der Waals surface area contributed by atoms with Crippen molar-refractivity contribution in [2.75, 3.05) is 0 Å². The first-order valence-corrected chi connectivity index (χ1v) is 7.07. The van der Waals surface area contributed by atoms with Crippen LogP contribution in [0.15, 0.2) is 24.3 Å². The largest absolute Gasteiger partial charge is 0.481 e. The zero-order chi connectivity index (χ0) is 14.8. The van der Waals surface area contributed by atoms with Gasteiger partial charge in [0.25, 0.3) is 0 Å². The summed E-state index contributed by atoms with van der Waals surface area (Å²) < 4.78 is 0. The highest BCUT2D eigenvalue weighted by molar-refractivity contribution is 6.30. The number of hydrogen-bond donors (Lipinski definition) is 2. The number of benzene rings is 1. The van der Waals surface area contributed by atoms with Crippen LogP contribution in [0.3, 0.4) is 0 Å². The Kier molecular flexibility index (Phi) is 4.33. The van der Waals surface area contributed by atoms with E-state index in [0.29, 0.717) is 17.9 Å². The van der Waals surface area contributed by atoms with Gasteiger partial charge in [-0.25, -0.2) is 0 Å². The Morgan fingerprint density at radius 2 is 2.25 bits per heavy atom. The Morgan fingerprint density at radius 3 is 2.90 bits per heavy atom. The molecule has 0 aromatic heterocycles. The van der Waals surface area contributed by atoms with Gasteiger partial charge in [-0.15, -0.1) is 0 Å². The number of hydrogen-bond acceptors (Lipinski definition) is 2. The van der Waals surface area contributed by atoms with Crippen LogP contribution in [0.1, 0.15) is 31.7 Å². The molecule has 0 radical (unpaired) electrons. The SMILES string of the molecule is CC1(C(=O)O)CCCC1NC(=O)Cc1cccc(Cl)c1. The van der Waals surface area contributed by atoms with Crippen molar-refractivity contribution in [3.8, 4) is 0 Å². The van der Waals surface area contributed by atoms with Crippen LogP contribution in [0, 0.1) is 5.41 Å². The van der Waals surface area contributed by atoms with E-state index >= 15 is 0 Å². The Balaban J connectivity index is 2.00. The van der Waals surface area contributed by atoms with Gasteiger partial charge in [0.2, 0.25) is 5.91 Å². The standard InChI is InChI=1S/C15H18ClNO3/c1-15(14(19)20)7-3-6-12(15)17-13(18)9-10-4-2-5-11(16)8-10/h2,4-5,8,12H,3,6-7,9H2,1H3,(H,17,18)(H,19,20). The highest BCUT2D eigenvalue weighted by Gasteiger charge is 2.45. The maximum Gasteiger partial charge on any atom is 0.311 e. The summed E-state index contributed by atoms with van der Waals surface area (Å²) in [5.74, 6) is -1.00. The lowest BCUT2D eigenvalue weighted by Gasteiger charge is -2.27. The van der Waals surface area contributed by atoms with E-state index in [1.54, 1.807) is 25.1 Å². The zero-order valence-corrected chi connectivity index (χ0v) is 12.1. The number of carbonyl (C=O) groups is 2. The first-order valence-electron chi connectivity index (χ1n) is 6.69. The first-order chi connectivity index (χ1) is 9.41. The second-order valence-electron chi connectivity index (χ2n) is 5.54. The molecular weight excluding hydrogens is 278 g/mol. The molecule has 2 N–H and O–H groups in total. The summed E-state index contributed by atoms with van der Waals surface area (Å²) in [4.78, 5) is 23.4. The fourth-order valence-electron chi connectivity index (χ4n) is 2.73. The van der Waals surface area contributed by atoms with E-state index in [-0.39, 0.29) is 18.4 Å². The van der Waals surface area contributed by atoms with E-state index in [4.69, 9.17) is 11.6 Å². The molecule has 2 unspecified atom stereocenters. The van der Waals surface area contributed by atoms with Crippen molar-refractivity contribution >= 4 is 23.5 Å². The Hall–Kier alpha value is -1.55. The van der Waals surface area contributed by atoms with Crippen LogP contribution in [0.4, 0.5) is 0 Å². The predicted octanol–water partition coefficient (Wildman–Crippen LogP) is 2.64. The van der Waals surface area contributed by atoms with Crippen LogP contribution < -0.4 is 5.32 Å². The number of carboxylic acids is 1. The van der Waals surface area contributed by atoms with Gasteiger partial charge in [0.05, 0.1) is 11.8 Å². The van der Waals surface area contributed by atoms with Crippen LogP contribution >= 0.6 is 11.6 Å². The third kappa shape index (κ3) is 3.12. The van der Waals surface area contributed by atoms with Gasteiger partial charge in [0.1, 0.15) is 0 Å². The summed E-state index contributed by atoms with van der Waals surface area (Å²) in [6, 6.07) is 6.82. The molecule has 0 bridgehead atoms. The minimum Gasteiger partial charge on any atom is -0.481 e. The highest BCUT2D eigenvalue weighted by atomic mass is 35.5. The molecule has 0 saturated heterocycles. The van der Waals surface area contributed by atoms with Crippen molar-refractivity contribution in [2.24, 2.45) is 5.41 Å². The summed E-state index contributed by atoms with van der Waals surface area (Å²) in [6.07, 6.45) is 2.35. The number of halogens is 1. The molecule has 1 aromatic rings. The lowest BCUT2D eigenvalue weighted by Crippen LogP contribution is -2.47. The molecular formula is C15H18ClNO3. The van der Waals surface area contributed by atoms with Gasteiger partial charge < -0.3 is 10.4 Å². The fraction of sp³-hybridized carbons (Fsp3) is 0.467. The van der Waals surface area contributed by atoms with Crippen molar-refractivity contribution in [1.29, 1.82) is 0 Å². The maximum atomic E-state index is 12.0. The van der Waals surface area contributed by atoms with Crippen molar-refractivity contribution < 1.29 is 14.7 Å². The molecule has 1 amide bonds. The second kappa shape index (κ2) is 5.83. The second-order valence-corrected chi connectivity index (χ2v) is 5.98. The quantitative estimate of drug-likeness (QED) is 0.897. The maximum absolute atomic E-state index is 12.0. The third-order valence-corrected chi connectivity index (χ3v) is 4.27. The minimum atomic E-state index is -0.857. The molecule has 1 aliphatic carbocycles. The van der Waals surface area contributed by atoms with E-state index < -0.39 is 11.4 Å². The monoisotopic (exact) mass is 295 g/mol. The smallest absolute Gasteiger partial charge is 0.311 e. The van der Waals surface area contributed by atoms with E-state index in [0.717, 1.165) is 12.0 Å². The van der Waals surface area contributed by atoms with Crippen LogP contribution in [0.25, 0.3) is 0 Å². The topological polar surface area (TPSA) is 66.4 Å². The number of carboxylic acid groups (broad SMARTS) is 1. The number of rotatable bonds is 4. The summed E-state index contributed by atoms with van der Waals surface area (Å²) in [5.41, 5.74) is -0.0331. The van der Waals surface area contributed by atoms with Gasteiger partial charge in [-0.1, -0.05) is 30.2 Å². The highest BCUT2D eigenvalue weighted by Crippen LogP contribution is 2.38. The van der Waals surface area contributed by atoms with E-state index in [2.05, 4.69) is 5.32 Å². The van der Waals surface area contributed by atoms with Gasteiger partial charge in [0, 0.05) is 11.1 Å². The zero-order valence-electron chi connectivity index (χ0n) is 11.4. The Bertz CT molecular complexity index is 532. The van der Waals surface area contributed by atoms with Crippen LogP contribution in [0.2, 0.25) is 5.02 Å². The molecule has 0 aliphatic heterocycles. The minimum absolute atomic E-state index is 0.161. The summed E-state index contributed by atoms with van der Waals surface area (Å²) in [5, 5.41) is 12.8. The van der Waals surface area contributed by atoms with E-state index in [1.165, 1.54) is 0 Å². The fourth-order valence-corrected chi connectivity index (χ4v) is 2.94. The molecule has 0 heterocycles. The Morgan fingerprint density at radius 1 is 1.50 bits per heavy atom. The molecule has 1 aliphatic rings. The first kappa shape index (κ1) is 14.9. The molecule has 2 rings (SSSR count). The average molecular weight is 296 g/mol. The molecule has 20 heavy (non-hydrogen) atoms. The summed E-state index contributed by atoms with van der Waals surface area (Å²) in [7, 11) is 0. The molecule has 2 atom stereocenters. The molecule has 1 saturated carbocycles. The van der Waals surface area contributed by atoms with Crippen LogP contribution in [-0.4, -0.2) is 23.0 Å². The van der Waals surface area contributed by atoms with E-state index in [1.807, 2.05) is 6.07 Å². The van der Waals surface area contributed by atoms with Gasteiger partial charge in [-0.3, -0.25) is 9.59 Å². The van der Waals surface area contributed by atoms with Crippen molar-refractivity contribution in [2.45, 2.75) is 38.6 Å². The number of amides is 1. The van der Waals surface area contributed by atoms with Crippen molar-refractivity contribution in [3.63, 3.8) is 0 Å². The molecule has 5 heteroatoms. The lowest BCUT2D eigenvalue weighted by atomic mass is 9.85.